The van der Waals surface area contributed by atoms with E-state index in [1.54, 1.807) is 6.20 Å². The second kappa shape index (κ2) is 6.55. The van der Waals surface area contributed by atoms with Crippen LogP contribution in [-0.2, 0) is 0 Å². The number of nitrogens with zero attached hydrogens (tertiary/aromatic N) is 5. The Bertz CT molecular complexity index is 755. The maximum absolute atomic E-state index is 9.13. The summed E-state index contributed by atoms with van der Waals surface area (Å²) in [6, 6.07) is 10.3. The van der Waals surface area contributed by atoms with Crippen molar-refractivity contribution in [3.05, 3.63) is 46.2 Å². The van der Waals surface area contributed by atoms with E-state index < -0.39 is 0 Å². The SMILES string of the molecule is Cc1ccnc(N(C)C2CCN(c3cc(Br)cc(C#N)c3)C2)n1. The highest BCUT2D eigenvalue weighted by Gasteiger charge is 2.27. The third-order valence-electron chi connectivity index (χ3n) is 4.19. The number of rotatable bonds is 3. The van der Waals surface area contributed by atoms with Crippen LogP contribution in [0.4, 0.5) is 11.6 Å². The second-order valence-electron chi connectivity index (χ2n) is 5.81. The molecule has 3 rings (SSSR count). The van der Waals surface area contributed by atoms with Crippen molar-refractivity contribution in [3.63, 3.8) is 0 Å². The number of likely N-dealkylation sites (N-methyl/N-ethyl adjacent to an activating group) is 1. The van der Waals surface area contributed by atoms with Gasteiger partial charge in [-0.25, -0.2) is 9.97 Å². The Morgan fingerprint density at radius 3 is 2.96 bits per heavy atom. The molecule has 1 unspecified atom stereocenters. The summed E-state index contributed by atoms with van der Waals surface area (Å²) in [6.45, 7) is 3.84. The molecule has 2 aromatic rings. The van der Waals surface area contributed by atoms with Gasteiger partial charge in [0.25, 0.3) is 0 Å². The Hall–Kier alpha value is -2.13. The molecule has 0 N–H and O–H groups in total. The number of aryl methyl sites for hydroxylation is 1. The van der Waals surface area contributed by atoms with Crippen LogP contribution in [0.15, 0.2) is 34.9 Å². The molecule has 1 aromatic carbocycles. The van der Waals surface area contributed by atoms with Crippen LogP contribution in [0.2, 0.25) is 0 Å². The van der Waals surface area contributed by atoms with Crippen LogP contribution >= 0.6 is 15.9 Å². The normalized spacial score (nSPS) is 17.1. The number of hydrogen-bond donors (Lipinski definition) is 0. The van der Waals surface area contributed by atoms with Gasteiger partial charge in [0.15, 0.2) is 0 Å². The fraction of sp³-hybridized carbons (Fsp3) is 0.353. The number of hydrogen-bond acceptors (Lipinski definition) is 5. The summed E-state index contributed by atoms with van der Waals surface area (Å²) in [5, 5.41) is 9.13. The first-order valence-electron chi connectivity index (χ1n) is 7.55. The zero-order chi connectivity index (χ0) is 16.4. The third-order valence-corrected chi connectivity index (χ3v) is 4.64. The van der Waals surface area contributed by atoms with E-state index >= 15 is 0 Å². The van der Waals surface area contributed by atoms with Crippen molar-refractivity contribution in [2.45, 2.75) is 19.4 Å². The van der Waals surface area contributed by atoms with E-state index in [1.807, 2.05) is 32.2 Å². The molecule has 1 fully saturated rings. The number of nitriles is 1. The van der Waals surface area contributed by atoms with E-state index in [4.69, 9.17) is 5.26 Å². The van der Waals surface area contributed by atoms with E-state index in [0.29, 0.717) is 11.6 Å². The lowest BCUT2D eigenvalue weighted by atomic mass is 10.2. The van der Waals surface area contributed by atoms with Crippen LogP contribution in [0, 0.1) is 18.3 Å². The zero-order valence-electron chi connectivity index (χ0n) is 13.2. The molecule has 23 heavy (non-hydrogen) atoms. The van der Waals surface area contributed by atoms with Crippen LogP contribution in [0.3, 0.4) is 0 Å². The highest BCUT2D eigenvalue weighted by Crippen LogP contribution is 2.27. The summed E-state index contributed by atoms with van der Waals surface area (Å²) < 4.78 is 0.936. The van der Waals surface area contributed by atoms with Crippen LogP contribution in [-0.4, -0.2) is 36.1 Å². The van der Waals surface area contributed by atoms with Crippen molar-refractivity contribution >= 4 is 27.6 Å². The molecule has 118 valence electrons. The summed E-state index contributed by atoms with van der Waals surface area (Å²) in [7, 11) is 2.05. The van der Waals surface area contributed by atoms with E-state index in [0.717, 1.165) is 41.3 Å². The van der Waals surface area contributed by atoms with Gasteiger partial charge in [0.05, 0.1) is 17.7 Å². The Kier molecular flexibility index (Phi) is 4.49. The molecule has 6 heteroatoms. The van der Waals surface area contributed by atoms with E-state index in [1.165, 1.54) is 0 Å². The highest BCUT2D eigenvalue weighted by molar-refractivity contribution is 9.10. The largest absolute Gasteiger partial charge is 0.369 e. The average Bonchev–Trinajstić information content (AvgIpc) is 3.03. The minimum atomic E-state index is 0.362. The fourth-order valence-corrected chi connectivity index (χ4v) is 3.36. The third kappa shape index (κ3) is 3.45. The highest BCUT2D eigenvalue weighted by atomic mass is 79.9. The standard InChI is InChI=1S/C17H18BrN5/c1-12-3-5-20-17(21-12)22(2)15-4-6-23(11-15)16-8-13(10-19)7-14(18)9-16/h3,5,7-9,15H,4,6,11H2,1-2H3. The molecule has 0 saturated carbocycles. The van der Waals surface area contributed by atoms with Gasteiger partial charge in [0.1, 0.15) is 0 Å². The number of aromatic nitrogens is 2. The molecule has 1 saturated heterocycles. The van der Waals surface area contributed by atoms with Crippen LogP contribution in [0.5, 0.6) is 0 Å². The van der Waals surface area contributed by atoms with Crippen molar-refractivity contribution in [1.29, 1.82) is 5.26 Å². The molecular weight excluding hydrogens is 354 g/mol. The van der Waals surface area contributed by atoms with Gasteiger partial charge in [-0.3, -0.25) is 0 Å². The molecule has 0 bridgehead atoms. The Morgan fingerprint density at radius 1 is 1.39 bits per heavy atom. The molecule has 1 aliphatic heterocycles. The van der Waals surface area contributed by atoms with Gasteiger partial charge in [-0.15, -0.1) is 0 Å². The lowest BCUT2D eigenvalue weighted by Gasteiger charge is -2.25. The van der Waals surface area contributed by atoms with Crippen molar-refractivity contribution < 1.29 is 0 Å². The monoisotopic (exact) mass is 371 g/mol. The van der Waals surface area contributed by atoms with Gasteiger partial charge in [-0.1, -0.05) is 15.9 Å². The zero-order valence-corrected chi connectivity index (χ0v) is 14.8. The Morgan fingerprint density at radius 2 is 2.22 bits per heavy atom. The predicted octanol–water partition coefficient (Wildman–Crippen LogP) is 3.13. The summed E-state index contributed by atoms with van der Waals surface area (Å²) >= 11 is 3.48. The minimum Gasteiger partial charge on any atom is -0.369 e. The second-order valence-corrected chi connectivity index (χ2v) is 6.72. The van der Waals surface area contributed by atoms with E-state index in [-0.39, 0.29) is 0 Å². The molecule has 2 heterocycles. The molecule has 0 amide bonds. The Labute approximate surface area is 144 Å². The Balaban J connectivity index is 1.76. The molecule has 0 radical (unpaired) electrons. The van der Waals surface area contributed by atoms with Gasteiger partial charge >= 0.3 is 0 Å². The predicted molar refractivity (Wildman–Crippen MR) is 94.6 cm³/mol. The molecule has 5 nitrogen and oxygen atoms in total. The van der Waals surface area contributed by atoms with Gasteiger partial charge in [-0.05, 0) is 37.6 Å². The number of anilines is 2. The van der Waals surface area contributed by atoms with E-state index in [9.17, 15) is 0 Å². The first kappa shape index (κ1) is 15.8. The van der Waals surface area contributed by atoms with Crippen molar-refractivity contribution in [2.24, 2.45) is 0 Å². The van der Waals surface area contributed by atoms with Crippen molar-refractivity contribution in [1.82, 2.24) is 9.97 Å². The molecule has 1 atom stereocenters. The maximum atomic E-state index is 9.13. The summed E-state index contributed by atoms with van der Waals surface area (Å²) in [4.78, 5) is 13.3. The van der Waals surface area contributed by atoms with Gasteiger partial charge in [-0.2, -0.15) is 5.26 Å². The van der Waals surface area contributed by atoms with Crippen LogP contribution in [0.25, 0.3) is 0 Å². The fourth-order valence-electron chi connectivity index (χ4n) is 2.88. The quantitative estimate of drug-likeness (QED) is 0.829. The molecule has 0 aliphatic carbocycles. The molecular formula is C17H18BrN5. The van der Waals surface area contributed by atoms with Gasteiger partial charge in [0, 0.05) is 42.2 Å². The first-order valence-corrected chi connectivity index (χ1v) is 8.34. The number of halogens is 1. The number of benzene rings is 1. The lowest BCUT2D eigenvalue weighted by molar-refractivity contribution is 0.673. The van der Waals surface area contributed by atoms with E-state index in [2.05, 4.69) is 47.8 Å². The summed E-state index contributed by atoms with van der Waals surface area (Å²) in [6.07, 6.45) is 2.84. The maximum Gasteiger partial charge on any atom is 0.225 e. The molecule has 0 spiro atoms. The van der Waals surface area contributed by atoms with Gasteiger partial charge in [0.2, 0.25) is 5.95 Å². The first-order chi connectivity index (χ1) is 11.1. The molecule has 1 aromatic heterocycles. The average molecular weight is 372 g/mol. The smallest absolute Gasteiger partial charge is 0.225 e. The van der Waals surface area contributed by atoms with Crippen LogP contribution < -0.4 is 9.80 Å². The van der Waals surface area contributed by atoms with Crippen molar-refractivity contribution in [2.75, 3.05) is 29.9 Å². The topological polar surface area (TPSA) is 56.1 Å². The minimum absolute atomic E-state index is 0.362. The summed E-state index contributed by atoms with van der Waals surface area (Å²) in [5.74, 6) is 0.767. The summed E-state index contributed by atoms with van der Waals surface area (Å²) in [5.41, 5.74) is 2.73. The van der Waals surface area contributed by atoms with Crippen molar-refractivity contribution in [3.8, 4) is 6.07 Å². The van der Waals surface area contributed by atoms with Gasteiger partial charge < -0.3 is 9.80 Å². The lowest BCUT2D eigenvalue weighted by Crippen LogP contribution is -2.35. The van der Waals surface area contributed by atoms with Crippen LogP contribution in [0.1, 0.15) is 17.7 Å². The molecule has 1 aliphatic rings.